The van der Waals surface area contributed by atoms with Crippen molar-refractivity contribution >= 4 is 10.2 Å². The molecule has 1 saturated heterocycles. The quantitative estimate of drug-likeness (QED) is 0.780. The zero-order chi connectivity index (χ0) is 19.1. The van der Waals surface area contributed by atoms with Crippen molar-refractivity contribution in [3.8, 4) is 11.3 Å². The minimum atomic E-state index is -3.33. The van der Waals surface area contributed by atoms with Crippen LogP contribution in [0.1, 0.15) is 23.5 Å². The first-order valence-electron chi connectivity index (χ1n) is 8.69. The van der Waals surface area contributed by atoms with Crippen molar-refractivity contribution in [2.75, 3.05) is 27.2 Å². The molecule has 3 heterocycles. The van der Waals surface area contributed by atoms with Crippen LogP contribution in [-0.2, 0) is 23.7 Å². The van der Waals surface area contributed by atoms with Crippen LogP contribution in [0.4, 0.5) is 0 Å². The molecule has 0 radical (unpaired) electrons. The first-order chi connectivity index (χ1) is 12.2. The molecule has 26 heavy (non-hydrogen) atoms. The van der Waals surface area contributed by atoms with E-state index in [9.17, 15) is 8.42 Å². The molecule has 1 aliphatic heterocycles. The van der Waals surface area contributed by atoms with Crippen LogP contribution in [0.5, 0.6) is 0 Å². The van der Waals surface area contributed by atoms with Crippen molar-refractivity contribution in [3.63, 3.8) is 0 Å². The Morgan fingerprint density at radius 1 is 1.23 bits per heavy atom. The van der Waals surface area contributed by atoms with E-state index in [2.05, 4.69) is 15.1 Å². The summed E-state index contributed by atoms with van der Waals surface area (Å²) < 4.78 is 29.1. The molecule has 1 fully saturated rings. The molecule has 1 aliphatic rings. The van der Waals surface area contributed by atoms with Crippen LogP contribution < -0.4 is 0 Å². The van der Waals surface area contributed by atoms with Crippen molar-refractivity contribution < 1.29 is 8.42 Å². The lowest BCUT2D eigenvalue weighted by molar-refractivity contribution is 0.409. The number of nitrogens with zero attached hydrogens (tertiary/aromatic N) is 6. The average molecular weight is 379 g/mol. The molecule has 142 valence electrons. The predicted molar refractivity (Wildman–Crippen MR) is 99.7 cm³/mol. The molecular formula is C17H26N6O2S. The standard InChI is InChI=1S/C17H26N6O2S/c1-12-17(13(2)22(5)20-12)16-10-18-15(9-19-16)8-14-6-7-23(11-14)26(24,25)21(3)4/h9-10,14H,6-8,11H2,1-5H3/t14-/m0/s1. The van der Waals surface area contributed by atoms with Crippen molar-refractivity contribution in [1.82, 2.24) is 28.4 Å². The van der Waals surface area contributed by atoms with E-state index in [4.69, 9.17) is 0 Å². The summed E-state index contributed by atoms with van der Waals surface area (Å²) in [5.41, 5.74) is 4.73. The van der Waals surface area contributed by atoms with Crippen LogP contribution >= 0.6 is 0 Å². The Bertz CT molecular complexity index is 889. The molecule has 0 saturated carbocycles. The van der Waals surface area contributed by atoms with E-state index < -0.39 is 10.2 Å². The molecule has 2 aromatic rings. The third kappa shape index (κ3) is 3.51. The molecule has 2 aromatic heterocycles. The number of aryl methyl sites for hydroxylation is 2. The summed E-state index contributed by atoms with van der Waals surface area (Å²) in [6.45, 7) is 5.08. The molecule has 0 bridgehead atoms. The third-order valence-electron chi connectivity index (χ3n) is 5.00. The smallest absolute Gasteiger partial charge is 0.272 e. The highest BCUT2D eigenvalue weighted by Gasteiger charge is 2.32. The first kappa shape index (κ1) is 18.9. The van der Waals surface area contributed by atoms with Gasteiger partial charge in [-0.1, -0.05) is 0 Å². The summed E-state index contributed by atoms with van der Waals surface area (Å²) >= 11 is 0. The van der Waals surface area contributed by atoms with E-state index in [0.717, 1.165) is 41.2 Å². The molecule has 1 atom stereocenters. The average Bonchev–Trinajstić information content (AvgIpc) is 3.14. The van der Waals surface area contributed by atoms with Gasteiger partial charge in [-0.2, -0.15) is 22.1 Å². The monoisotopic (exact) mass is 378 g/mol. The van der Waals surface area contributed by atoms with Gasteiger partial charge in [0.25, 0.3) is 10.2 Å². The third-order valence-corrected chi connectivity index (χ3v) is 6.91. The van der Waals surface area contributed by atoms with Gasteiger partial charge >= 0.3 is 0 Å². The maximum absolute atomic E-state index is 12.2. The van der Waals surface area contributed by atoms with E-state index in [-0.39, 0.29) is 5.92 Å². The minimum Gasteiger partial charge on any atom is -0.272 e. The van der Waals surface area contributed by atoms with Crippen LogP contribution in [0, 0.1) is 19.8 Å². The minimum absolute atomic E-state index is 0.270. The van der Waals surface area contributed by atoms with Crippen LogP contribution in [-0.4, -0.2) is 64.0 Å². The second-order valence-electron chi connectivity index (χ2n) is 7.07. The highest BCUT2D eigenvalue weighted by molar-refractivity contribution is 7.86. The van der Waals surface area contributed by atoms with Gasteiger partial charge in [0.15, 0.2) is 0 Å². The molecule has 0 aliphatic carbocycles. The molecule has 0 N–H and O–H groups in total. The largest absolute Gasteiger partial charge is 0.281 e. The van der Waals surface area contributed by atoms with Crippen molar-refractivity contribution in [2.45, 2.75) is 26.7 Å². The molecule has 8 nitrogen and oxygen atoms in total. The van der Waals surface area contributed by atoms with Crippen molar-refractivity contribution in [3.05, 3.63) is 29.5 Å². The molecule has 3 rings (SSSR count). The van der Waals surface area contributed by atoms with Gasteiger partial charge < -0.3 is 0 Å². The van der Waals surface area contributed by atoms with Crippen molar-refractivity contribution in [1.29, 1.82) is 0 Å². The summed E-state index contributed by atoms with van der Waals surface area (Å²) in [5.74, 6) is 0.270. The fraction of sp³-hybridized carbons (Fsp3) is 0.588. The van der Waals surface area contributed by atoms with Crippen LogP contribution in [0.15, 0.2) is 12.4 Å². The highest BCUT2D eigenvalue weighted by atomic mass is 32.2. The van der Waals surface area contributed by atoms with Crippen LogP contribution in [0.2, 0.25) is 0 Å². The van der Waals surface area contributed by atoms with Gasteiger partial charge in [-0.25, -0.2) is 0 Å². The van der Waals surface area contributed by atoms with Gasteiger partial charge in [0.1, 0.15) is 0 Å². The van der Waals surface area contributed by atoms with E-state index in [1.807, 2.05) is 25.6 Å². The van der Waals surface area contributed by atoms with E-state index in [1.54, 1.807) is 30.8 Å². The molecule has 0 spiro atoms. The fourth-order valence-electron chi connectivity index (χ4n) is 3.43. The summed E-state index contributed by atoms with van der Waals surface area (Å²) in [5, 5.41) is 4.42. The van der Waals surface area contributed by atoms with Crippen LogP contribution in [0.3, 0.4) is 0 Å². The maximum atomic E-state index is 12.2. The molecule has 0 aromatic carbocycles. The van der Waals surface area contributed by atoms with E-state index >= 15 is 0 Å². The van der Waals surface area contributed by atoms with Gasteiger partial charge in [-0.3, -0.25) is 14.6 Å². The molecule has 9 heteroatoms. The van der Waals surface area contributed by atoms with Crippen molar-refractivity contribution in [2.24, 2.45) is 13.0 Å². The van der Waals surface area contributed by atoms with Gasteiger partial charge in [0.05, 0.1) is 23.3 Å². The normalized spacial score (nSPS) is 18.8. The number of hydrogen-bond acceptors (Lipinski definition) is 5. The van der Waals surface area contributed by atoms with Crippen LogP contribution in [0.25, 0.3) is 11.3 Å². The Morgan fingerprint density at radius 3 is 2.50 bits per heavy atom. The Hall–Kier alpha value is -1.84. The van der Waals surface area contributed by atoms with E-state index in [1.165, 1.54) is 4.31 Å². The second kappa shape index (κ2) is 7.05. The molecule has 0 amide bonds. The summed E-state index contributed by atoms with van der Waals surface area (Å²) in [6.07, 6.45) is 5.16. The first-order valence-corrected chi connectivity index (χ1v) is 10.1. The maximum Gasteiger partial charge on any atom is 0.281 e. The zero-order valence-corrected chi connectivity index (χ0v) is 16.8. The lowest BCUT2D eigenvalue weighted by atomic mass is 10.0. The molecular weight excluding hydrogens is 352 g/mol. The number of aromatic nitrogens is 4. The summed E-state index contributed by atoms with van der Waals surface area (Å²) in [7, 11) is 1.72. The highest BCUT2D eigenvalue weighted by Crippen LogP contribution is 2.26. The van der Waals surface area contributed by atoms with E-state index in [0.29, 0.717) is 13.1 Å². The van der Waals surface area contributed by atoms with Gasteiger partial charge in [-0.15, -0.1) is 0 Å². The fourth-order valence-corrected chi connectivity index (χ4v) is 4.63. The predicted octanol–water partition coefficient (Wildman–Crippen LogP) is 1.16. The lowest BCUT2D eigenvalue weighted by Crippen LogP contribution is -2.38. The topological polar surface area (TPSA) is 84.2 Å². The second-order valence-corrected chi connectivity index (χ2v) is 9.21. The Balaban J connectivity index is 1.69. The number of hydrogen-bond donors (Lipinski definition) is 0. The lowest BCUT2D eigenvalue weighted by Gasteiger charge is -2.20. The summed E-state index contributed by atoms with van der Waals surface area (Å²) in [4.78, 5) is 9.12. The Morgan fingerprint density at radius 2 is 1.96 bits per heavy atom. The molecule has 0 unspecified atom stereocenters. The van der Waals surface area contributed by atoms with Gasteiger partial charge in [-0.05, 0) is 32.6 Å². The summed E-state index contributed by atoms with van der Waals surface area (Å²) in [6, 6.07) is 0. The number of rotatable bonds is 5. The SMILES string of the molecule is Cc1nn(C)c(C)c1-c1cnc(C[C@@H]2CCN(S(=O)(=O)N(C)C)C2)cn1. The Kier molecular flexibility index (Phi) is 5.14. The van der Waals surface area contributed by atoms with Gasteiger partial charge in [0, 0.05) is 51.7 Å². The van der Waals surface area contributed by atoms with Gasteiger partial charge in [0.2, 0.25) is 0 Å². The Labute approximate surface area is 155 Å². The zero-order valence-electron chi connectivity index (χ0n) is 16.0.